The molecule has 1 saturated carbocycles. The lowest BCUT2D eigenvalue weighted by atomic mass is 9.99. The highest BCUT2D eigenvalue weighted by atomic mass is 16.5. The van der Waals surface area contributed by atoms with E-state index in [4.69, 9.17) is 4.74 Å². The molecule has 0 aliphatic heterocycles. The van der Waals surface area contributed by atoms with Crippen molar-refractivity contribution >= 4 is 11.6 Å². The van der Waals surface area contributed by atoms with Crippen molar-refractivity contribution in [3.63, 3.8) is 0 Å². The molecule has 0 atom stereocenters. The zero-order valence-electron chi connectivity index (χ0n) is 13.7. The number of aryl methyl sites for hydroxylation is 2. The second-order valence-electron chi connectivity index (χ2n) is 6.02. The predicted molar refractivity (Wildman–Crippen MR) is 89.3 cm³/mol. The highest BCUT2D eigenvalue weighted by molar-refractivity contribution is 5.86. The molecule has 0 spiro atoms. The van der Waals surface area contributed by atoms with Gasteiger partial charge in [0.2, 0.25) is 0 Å². The van der Waals surface area contributed by atoms with Crippen LogP contribution in [0.4, 0.5) is 0 Å². The molecule has 120 valence electrons. The van der Waals surface area contributed by atoms with Crippen LogP contribution in [0.15, 0.2) is 23.3 Å². The molecule has 22 heavy (non-hydrogen) atoms. The van der Waals surface area contributed by atoms with Gasteiger partial charge in [0.1, 0.15) is 5.75 Å². The minimum Gasteiger partial charge on any atom is -0.484 e. The molecule has 4 heteroatoms. The van der Waals surface area contributed by atoms with Crippen LogP contribution in [0, 0.1) is 13.8 Å². The summed E-state index contributed by atoms with van der Waals surface area (Å²) in [5.74, 6) is 0.518. The molecule has 1 N–H and O–H groups in total. The molecule has 0 heterocycles. The van der Waals surface area contributed by atoms with Crippen LogP contribution < -0.4 is 10.2 Å². The summed E-state index contributed by atoms with van der Waals surface area (Å²) >= 11 is 0. The molecule has 0 unspecified atom stereocenters. The van der Waals surface area contributed by atoms with Gasteiger partial charge in [-0.2, -0.15) is 5.10 Å². The van der Waals surface area contributed by atoms with E-state index >= 15 is 0 Å². The minimum absolute atomic E-state index is 0.000713. The van der Waals surface area contributed by atoms with E-state index in [1.165, 1.54) is 37.7 Å². The molecular weight excluding hydrogens is 276 g/mol. The smallest absolute Gasteiger partial charge is 0.277 e. The van der Waals surface area contributed by atoms with Crippen LogP contribution in [0.3, 0.4) is 0 Å². The Balaban J connectivity index is 1.78. The Morgan fingerprint density at radius 1 is 1.09 bits per heavy atom. The highest BCUT2D eigenvalue weighted by Crippen LogP contribution is 2.16. The summed E-state index contributed by atoms with van der Waals surface area (Å²) in [5.41, 5.74) is 6.11. The monoisotopic (exact) mass is 302 g/mol. The average Bonchev–Trinajstić information content (AvgIpc) is 2.47. The van der Waals surface area contributed by atoms with Crippen molar-refractivity contribution < 1.29 is 9.53 Å². The quantitative estimate of drug-likeness (QED) is 0.858. The zero-order chi connectivity index (χ0) is 15.8. The molecule has 1 amide bonds. The van der Waals surface area contributed by atoms with Crippen LogP contribution in [-0.2, 0) is 4.79 Å². The van der Waals surface area contributed by atoms with Gasteiger partial charge in [-0.1, -0.05) is 25.3 Å². The molecule has 1 aromatic rings. The second kappa shape index (κ2) is 8.57. The summed E-state index contributed by atoms with van der Waals surface area (Å²) in [6, 6.07) is 5.83. The van der Waals surface area contributed by atoms with Crippen molar-refractivity contribution in [3.05, 3.63) is 29.3 Å². The fraction of sp³-hybridized carbons (Fsp3) is 0.556. The molecule has 0 aromatic heterocycles. The van der Waals surface area contributed by atoms with Crippen molar-refractivity contribution in [2.24, 2.45) is 5.10 Å². The number of carbonyl (C=O) groups excluding carboxylic acids is 1. The maximum Gasteiger partial charge on any atom is 0.277 e. The number of ether oxygens (including phenoxy) is 1. The summed E-state index contributed by atoms with van der Waals surface area (Å²) in [7, 11) is 0. The number of hydrazone groups is 1. The first kappa shape index (κ1) is 16.5. The second-order valence-corrected chi connectivity index (χ2v) is 6.02. The zero-order valence-corrected chi connectivity index (χ0v) is 13.7. The van der Waals surface area contributed by atoms with Crippen LogP contribution >= 0.6 is 0 Å². The van der Waals surface area contributed by atoms with Crippen LogP contribution in [0.5, 0.6) is 5.75 Å². The van der Waals surface area contributed by atoms with Crippen LogP contribution in [-0.4, -0.2) is 18.2 Å². The standard InChI is InChI=1S/C18H26N2O2/c1-14-10-11-17(12-15(14)2)22-13-18(21)20-19-16-8-6-4-3-5-7-9-16/h10-12H,3-9,13H2,1-2H3,(H,20,21). The third-order valence-electron chi connectivity index (χ3n) is 4.12. The first-order valence-electron chi connectivity index (χ1n) is 8.19. The molecule has 1 aromatic carbocycles. The Kier molecular flexibility index (Phi) is 6.44. The van der Waals surface area contributed by atoms with E-state index in [-0.39, 0.29) is 12.5 Å². The number of hydrogen-bond acceptors (Lipinski definition) is 3. The number of nitrogens with one attached hydrogen (secondary N) is 1. The van der Waals surface area contributed by atoms with E-state index in [1.54, 1.807) is 0 Å². The Hall–Kier alpha value is -1.84. The van der Waals surface area contributed by atoms with E-state index in [9.17, 15) is 4.79 Å². The molecule has 4 nitrogen and oxygen atoms in total. The van der Waals surface area contributed by atoms with E-state index in [0.29, 0.717) is 0 Å². The maximum absolute atomic E-state index is 11.8. The number of rotatable bonds is 4. The summed E-state index contributed by atoms with van der Waals surface area (Å²) in [4.78, 5) is 11.8. The molecule has 0 radical (unpaired) electrons. The summed E-state index contributed by atoms with van der Waals surface area (Å²) in [6.45, 7) is 4.08. The molecule has 2 rings (SSSR count). The number of benzene rings is 1. The first-order chi connectivity index (χ1) is 10.6. The lowest BCUT2D eigenvalue weighted by Gasteiger charge is -2.11. The lowest BCUT2D eigenvalue weighted by Crippen LogP contribution is -2.26. The number of hydrogen-bond donors (Lipinski definition) is 1. The Bertz CT molecular complexity index is 528. The molecule has 0 saturated heterocycles. The summed E-state index contributed by atoms with van der Waals surface area (Å²) in [6.07, 6.45) is 8.20. The third kappa shape index (κ3) is 5.51. The average molecular weight is 302 g/mol. The Labute approximate surface area is 132 Å². The SMILES string of the molecule is Cc1ccc(OCC(=O)NN=C2CCCCCCC2)cc1C. The largest absolute Gasteiger partial charge is 0.484 e. The van der Waals surface area contributed by atoms with Crippen molar-refractivity contribution in [1.82, 2.24) is 5.43 Å². The summed E-state index contributed by atoms with van der Waals surface area (Å²) in [5, 5.41) is 4.27. The third-order valence-corrected chi connectivity index (χ3v) is 4.12. The molecule has 0 bridgehead atoms. The molecule has 1 fully saturated rings. The van der Waals surface area contributed by atoms with Crippen molar-refractivity contribution in [2.45, 2.75) is 58.8 Å². The first-order valence-corrected chi connectivity index (χ1v) is 8.19. The van der Waals surface area contributed by atoms with E-state index in [0.717, 1.165) is 29.9 Å². The van der Waals surface area contributed by atoms with Gasteiger partial charge >= 0.3 is 0 Å². The van der Waals surface area contributed by atoms with E-state index in [1.807, 2.05) is 25.1 Å². The predicted octanol–water partition coefficient (Wildman–Crippen LogP) is 3.90. The topological polar surface area (TPSA) is 50.7 Å². The molecule has 1 aliphatic carbocycles. The lowest BCUT2D eigenvalue weighted by molar-refractivity contribution is -0.123. The number of carbonyl (C=O) groups is 1. The van der Waals surface area contributed by atoms with E-state index in [2.05, 4.69) is 17.5 Å². The summed E-state index contributed by atoms with van der Waals surface area (Å²) < 4.78 is 5.51. The maximum atomic E-state index is 11.8. The van der Waals surface area contributed by atoms with Crippen molar-refractivity contribution in [2.75, 3.05) is 6.61 Å². The van der Waals surface area contributed by atoms with Crippen LogP contribution in [0.2, 0.25) is 0 Å². The minimum atomic E-state index is -0.201. The highest BCUT2D eigenvalue weighted by Gasteiger charge is 2.07. The van der Waals surface area contributed by atoms with Crippen LogP contribution in [0.25, 0.3) is 0 Å². The Morgan fingerprint density at radius 3 is 2.45 bits per heavy atom. The fourth-order valence-electron chi connectivity index (χ4n) is 2.55. The molecule has 1 aliphatic rings. The van der Waals surface area contributed by atoms with Gasteiger partial charge in [-0.05, 0) is 62.8 Å². The van der Waals surface area contributed by atoms with E-state index < -0.39 is 0 Å². The van der Waals surface area contributed by atoms with Crippen LogP contribution in [0.1, 0.15) is 56.1 Å². The van der Waals surface area contributed by atoms with Crippen molar-refractivity contribution in [3.8, 4) is 5.75 Å². The van der Waals surface area contributed by atoms with Gasteiger partial charge in [-0.3, -0.25) is 4.79 Å². The fourth-order valence-corrected chi connectivity index (χ4v) is 2.55. The van der Waals surface area contributed by atoms with Gasteiger partial charge in [-0.25, -0.2) is 5.43 Å². The number of nitrogens with zero attached hydrogens (tertiary/aromatic N) is 1. The number of amides is 1. The van der Waals surface area contributed by atoms with Gasteiger partial charge < -0.3 is 4.74 Å². The van der Waals surface area contributed by atoms with Gasteiger partial charge in [0.15, 0.2) is 6.61 Å². The van der Waals surface area contributed by atoms with Gasteiger partial charge in [0.25, 0.3) is 5.91 Å². The van der Waals surface area contributed by atoms with Crippen molar-refractivity contribution in [1.29, 1.82) is 0 Å². The van der Waals surface area contributed by atoms with Gasteiger partial charge in [0, 0.05) is 5.71 Å². The Morgan fingerprint density at radius 2 is 1.77 bits per heavy atom. The normalized spacial score (nSPS) is 15.6. The van der Waals surface area contributed by atoms with Gasteiger partial charge in [-0.15, -0.1) is 0 Å². The van der Waals surface area contributed by atoms with Gasteiger partial charge in [0.05, 0.1) is 0 Å². The molecular formula is C18H26N2O2.